The third kappa shape index (κ3) is 3.53. The van der Waals surface area contributed by atoms with Gasteiger partial charge in [-0.15, -0.1) is 5.10 Å². The summed E-state index contributed by atoms with van der Waals surface area (Å²) < 4.78 is 28.1. The van der Waals surface area contributed by atoms with E-state index in [2.05, 4.69) is 10.2 Å². The minimum absolute atomic E-state index is 0.161. The molecule has 0 saturated carbocycles. The first-order valence-electron chi connectivity index (χ1n) is 7.52. The predicted octanol–water partition coefficient (Wildman–Crippen LogP) is 1.85. The Bertz CT molecular complexity index is 858. The lowest BCUT2D eigenvalue weighted by molar-refractivity contribution is -0.127. The average molecular weight is 347 g/mol. The first kappa shape index (κ1) is 16.4. The van der Waals surface area contributed by atoms with Crippen molar-refractivity contribution in [3.63, 3.8) is 0 Å². The number of aromatic nitrogens is 2. The Kier molecular flexibility index (Phi) is 4.48. The summed E-state index contributed by atoms with van der Waals surface area (Å²) in [6.07, 6.45) is 5.71. The highest BCUT2D eigenvalue weighted by Gasteiger charge is 2.33. The van der Waals surface area contributed by atoms with Gasteiger partial charge in [-0.05, 0) is 24.5 Å². The fraction of sp³-hybridized carbons (Fsp3) is 0.312. The zero-order valence-corrected chi connectivity index (χ0v) is 13.9. The van der Waals surface area contributed by atoms with Crippen molar-refractivity contribution in [2.24, 2.45) is 0 Å². The zero-order chi connectivity index (χ0) is 17.2. The van der Waals surface area contributed by atoms with E-state index in [1.165, 1.54) is 6.08 Å². The summed E-state index contributed by atoms with van der Waals surface area (Å²) in [6, 6.07) is 9.12. The maximum absolute atomic E-state index is 12.4. The maximum atomic E-state index is 12.4. The van der Waals surface area contributed by atoms with Crippen molar-refractivity contribution in [3.05, 3.63) is 47.9 Å². The summed E-state index contributed by atoms with van der Waals surface area (Å²) in [4.78, 5) is 14.1. The molecule has 1 aromatic heterocycles. The number of rotatable bonds is 4. The molecule has 1 amide bonds. The van der Waals surface area contributed by atoms with Crippen molar-refractivity contribution in [2.45, 2.75) is 24.1 Å². The van der Waals surface area contributed by atoms with Crippen LogP contribution in [0.2, 0.25) is 0 Å². The molecule has 3 rings (SSSR count). The van der Waals surface area contributed by atoms with Gasteiger partial charge in [0.15, 0.2) is 0 Å². The van der Waals surface area contributed by atoms with Crippen molar-refractivity contribution in [1.82, 2.24) is 15.1 Å². The molecule has 8 heteroatoms. The highest BCUT2D eigenvalue weighted by atomic mass is 32.2. The Balaban J connectivity index is 1.77. The molecule has 0 bridgehead atoms. The van der Waals surface area contributed by atoms with Crippen molar-refractivity contribution in [1.29, 1.82) is 0 Å². The summed E-state index contributed by atoms with van der Waals surface area (Å²) in [5.74, 6) is -0.00477. The minimum Gasteiger partial charge on any atom is -0.410 e. The van der Waals surface area contributed by atoms with Gasteiger partial charge in [-0.2, -0.15) is 0 Å². The number of carbonyl (C=O) groups is 1. The number of sulfone groups is 1. The molecule has 1 aliphatic rings. The Labute approximate surface area is 139 Å². The molecule has 1 atom stereocenters. The van der Waals surface area contributed by atoms with Crippen LogP contribution in [0.15, 0.2) is 46.0 Å². The Morgan fingerprint density at radius 1 is 1.29 bits per heavy atom. The molecular weight excluding hydrogens is 330 g/mol. The Morgan fingerprint density at radius 2 is 2.04 bits per heavy atom. The lowest BCUT2D eigenvalue weighted by atomic mass is 10.2. The second-order valence-electron chi connectivity index (χ2n) is 5.61. The summed E-state index contributed by atoms with van der Waals surface area (Å²) in [7, 11) is -3.55. The van der Waals surface area contributed by atoms with Gasteiger partial charge in [-0.1, -0.05) is 35.4 Å². The van der Waals surface area contributed by atoms with Crippen LogP contribution in [-0.2, 0) is 14.6 Å². The van der Waals surface area contributed by atoms with Crippen LogP contribution in [0, 0.1) is 0 Å². The van der Waals surface area contributed by atoms with Gasteiger partial charge in [-0.3, -0.25) is 4.79 Å². The van der Waals surface area contributed by atoms with Gasteiger partial charge < -0.3 is 9.32 Å². The average Bonchev–Trinajstić information content (AvgIpc) is 3.21. The first-order chi connectivity index (χ1) is 11.4. The molecule has 1 saturated heterocycles. The lowest BCUT2D eigenvalue weighted by Crippen LogP contribution is -2.29. The van der Waals surface area contributed by atoms with Gasteiger partial charge in [-0.25, -0.2) is 8.42 Å². The SMILES string of the molecule is CS(=O)(=O)c1nnc([C@@H]2CCCN2C(=O)/C=C/c2ccccc2)o1. The quantitative estimate of drug-likeness (QED) is 0.784. The molecule has 0 radical (unpaired) electrons. The smallest absolute Gasteiger partial charge is 0.335 e. The number of likely N-dealkylation sites (tertiary alicyclic amines) is 1. The summed E-state index contributed by atoms with van der Waals surface area (Å²) >= 11 is 0. The van der Waals surface area contributed by atoms with Gasteiger partial charge in [0.05, 0.1) is 0 Å². The molecule has 24 heavy (non-hydrogen) atoms. The molecule has 1 aromatic carbocycles. The third-order valence-corrected chi connectivity index (χ3v) is 4.58. The monoisotopic (exact) mass is 347 g/mol. The van der Waals surface area contributed by atoms with E-state index in [9.17, 15) is 13.2 Å². The number of benzene rings is 1. The van der Waals surface area contributed by atoms with E-state index in [0.717, 1.165) is 18.2 Å². The fourth-order valence-corrected chi connectivity index (χ4v) is 3.05. The van der Waals surface area contributed by atoms with E-state index in [1.807, 2.05) is 30.3 Å². The molecule has 2 aromatic rings. The van der Waals surface area contributed by atoms with Crippen LogP contribution in [0.3, 0.4) is 0 Å². The largest absolute Gasteiger partial charge is 0.410 e. The Morgan fingerprint density at radius 3 is 2.71 bits per heavy atom. The summed E-state index contributed by atoms with van der Waals surface area (Å²) in [6.45, 7) is 0.569. The second kappa shape index (κ2) is 6.56. The molecule has 7 nitrogen and oxygen atoms in total. The van der Waals surface area contributed by atoms with Crippen LogP contribution in [0.25, 0.3) is 6.08 Å². The van der Waals surface area contributed by atoms with Gasteiger partial charge in [0.2, 0.25) is 21.6 Å². The van der Waals surface area contributed by atoms with Crippen LogP contribution in [-0.4, -0.2) is 42.2 Å². The second-order valence-corrected chi connectivity index (χ2v) is 7.51. The third-order valence-electron chi connectivity index (χ3n) is 3.78. The van der Waals surface area contributed by atoms with E-state index < -0.39 is 15.1 Å². The topological polar surface area (TPSA) is 93.4 Å². The molecular formula is C16H17N3O4S. The van der Waals surface area contributed by atoms with Crippen LogP contribution < -0.4 is 0 Å². The number of carbonyl (C=O) groups excluding carboxylic acids is 1. The van der Waals surface area contributed by atoms with E-state index >= 15 is 0 Å². The van der Waals surface area contributed by atoms with Gasteiger partial charge in [0.25, 0.3) is 0 Å². The molecule has 126 valence electrons. The highest BCUT2D eigenvalue weighted by molar-refractivity contribution is 7.90. The zero-order valence-electron chi connectivity index (χ0n) is 13.1. The van der Waals surface area contributed by atoms with Crippen LogP contribution >= 0.6 is 0 Å². The van der Waals surface area contributed by atoms with Gasteiger partial charge in [0.1, 0.15) is 6.04 Å². The molecule has 0 spiro atoms. The van der Waals surface area contributed by atoms with E-state index in [4.69, 9.17) is 4.42 Å². The molecule has 0 unspecified atom stereocenters. The normalized spacial score (nSPS) is 18.4. The number of nitrogens with zero attached hydrogens (tertiary/aromatic N) is 3. The standard InChI is InChI=1S/C16H17N3O4S/c1-24(21,22)16-18-17-15(23-16)13-8-5-11-19(13)14(20)10-9-12-6-3-2-4-7-12/h2-4,6-7,9-10,13H,5,8,11H2,1H3/b10-9+/t13-/m0/s1. The van der Waals surface area contributed by atoms with Crippen molar-refractivity contribution in [2.75, 3.05) is 12.8 Å². The first-order valence-corrected chi connectivity index (χ1v) is 9.41. The number of amides is 1. The van der Waals surface area contributed by atoms with Crippen molar-refractivity contribution >= 4 is 21.8 Å². The van der Waals surface area contributed by atoms with Gasteiger partial charge >= 0.3 is 5.22 Å². The van der Waals surface area contributed by atoms with Gasteiger partial charge in [0, 0.05) is 18.9 Å². The summed E-state index contributed by atoms with van der Waals surface area (Å²) in [5.41, 5.74) is 0.929. The Hall–Kier alpha value is -2.48. The lowest BCUT2D eigenvalue weighted by Gasteiger charge is -2.20. The molecule has 1 aliphatic heterocycles. The summed E-state index contributed by atoms with van der Waals surface area (Å²) in [5, 5.41) is 6.94. The van der Waals surface area contributed by atoms with Crippen LogP contribution in [0.5, 0.6) is 0 Å². The molecule has 0 aliphatic carbocycles. The van der Waals surface area contributed by atoms with Crippen molar-refractivity contribution in [3.8, 4) is 0 Å². The molecule has 2 heterocycles. The number of hydrogen-bond acceptors (Lipinski definition) is 6. The molecule has 0 N–H and O–H groups in total. The van der Waals surface area contributed by atoms with Crippen molar-refractivity contribution < 1.29 is 17.6 Å². The van der Waals surface area contributed by atoms with E-state index in [1.54, 1.807) is 11.0 Å². The fourth-order valence-electron chi connectivity index (χ4n) is 2.62. The maximum Gasteiger partial charge on any atom is 0.335 e. The minimum atomic E-state index is -3.55. The van der Waals surface area contributed by atoms with E-state index in [-0.39, 0.29) is 17.8 Å². The number of hydrogen-bond donors (Lipinski definition) is 0. The van der Waals surface area contributed by atoms with E-state index in [0.29, 0.717) is 13.0 Å². The predicted molar refractivity (Wildman–Crippen MR) is 86.6 cm³/mol. The molecule has 1 fully saturated rings. The highest BCUT2D eigenvalue weighted by Crippen LogP contribution is 2.31. The van der Waals surface area contributed by atoms with Crippen LogP contribution in [0.4, 0.5) is 0 Å². The van der Waals surface area contributed by atoms with Crippen LogP contribution in [0.1, 0.15) is 30.3 Å².